The Morgan fingerprint density at radius 2 is 1.81 bits per heavy atom. The summed E-state index contributed by atoms with van der Waals surface area (Å²) < 4.78 is 38.7. The lowest BCUT2D eigenvalue weighted by atomic mass is 10.00. The highest BCUT2D eigenvalue weighted by Gasteiger charge is 2.33. The predicted octanol–water partition coefficient (Wildman–Crippen LogP) is 4.96. The van der Waals surface area contributed by atoms with Crippen LogP contribution in [0.3, 0.4) is 0 Å². The van der Waals surface area contributed by atoms with Crippen molar-refractivity contribution in [3.05, 3.63) is 29.3 Å². The van der Waals surface area contributed by atoms with Crippen LogP contribution in [0.2, 0.25) is 0 Å². The molecule has 0 heterocycles. The zero-order valence-corrected chi connectivity index (χ0v) is 11.8. The minimum Gasteiger partial charge on any atom is -0.385 e. The van der Waals surface area contributed by atoms with Crippen molar-refractivity contribution in [2.75, 3.05) is 11.9 Å². The molecule has 21 heavy (non-hydrogen) atoms. The first-order chi connectivity index (χ1) is 10.0. The molecule has 0 atom stereocenters. The first kappa shape index (κ1) is 15.7. The van der Waals surface area contributed by atoms with Gasteiger partial charge in [-0.15, -0.1) is 0 Å². The predicted molar refractivity (Wildman–Crippen MR) is 75.8 cm³/mol. The minimum absolute atomic E-state index is 0.331. The molecule has 0 saturated heterocycles. The van der Waals surface area contributed by atoms with Crippen LogP contribution in [0.4, 0.5) is 18.9 Å². The fourth-order valence-electron chi connectivity index (χ4n) is 2.82. The molecule has 5 heteroatoms. The third kappa shape index (κ3) is 4.38. The van der Waals surface area contributed by atoms with E-state index in [-0.39, 0.29) is 5.56 Å². The average molecular weight is 296 g/mol. The van der Waals surface area contributed by atoms with Crippen LogP contribution < -0.4 is 5.32 Å². The number of rotatable bonds is 3. The van der Waals surface area contributed by atoms with Gasteiger partial charge in [-0.05, 0) is 37.0 Å². The van der Waals surface area contributed by atoms with Crippen molar-refractivity contribution in [3.8, 4) is 6.07 Å². The SMILES string of the molecule is N#Cc1ccc(NCC2CCCCCC2)cc1C(F)(F)F. The van der Waals surface area contributed by atoms with Crippen molar-refractivity contribution in [1.29, 1.82) is 5.26 Å². The number of nitrogens with one attached hydrogen (secondary N) is 1. The number of hydrogen-bond donors (Lipinski definition) is 1. The second kappa shape index (κ2) is 6.84. The van der Waals surface area contributed by atoms with Gasteiger partial charge in [-0.25, -0.2) is 0 Å². The maximum absolute atomic E-state index is 12.9. The Bertz CT molecular complexity index is 509. The maximum atomic E-state index is 12.9. The van der Waals surface area contributed by atoms with E-state index < -0.39 is 11.7 Å². The van der Waals surface area contributed by atoms with Gasteiger partial charge >= 0.3 is 6.18 Å². The minimum atomic E-state index is -4.49. The molecule has 0 amide bonds. The van der Waals surface area contributed by atoms with Gasteiger partial charge in [-0.3, -0.25) is 0 Å². The lowest BCUT2D eigenvalue weighted by molar-refractivity contribution is -0.137. The Labute approximate surface area is 123 Å². The van der Waals surface area contributed by atoms with E-state index in [1.165, 1.54) is 31.7 Å². The highest BCUT2D eigenvalue weighted by atomic mass is 19.4. The molecule has 1 N–H and O–H groups in total. The van der Waals surface area contributed by atoms with Crippen LogP contribution in [0.25, 0.3) is 0 Å². The van der Waals surface area contributed by atoms with E-state index in [9.17, 15) is 13.2 Å². The summed E-state index contributed by atoms with van der Waals surface area (Å²) in [4.78, 5) is 0. The molecule has 1 aliphatic rings. The Kier molecular flexibility index (Phi) is 5.11. The first-order valence-electron chi connectivity index (χ1n) is 7.36. The Morgan fingerprint density at radius 1 is 1.14 bits per heavy atom. The van der Waals surface area contributed by atoms with Crippen LogP contribution in [0.15, 0.2) is 18.2 Å². The molecule has 0 radical (unpaired) electrons. The van der Waals surface area contributed by atoms with Gasteiger partial charge in [0.05, 0.1) is 17.2 Å². The molecule has 1 aliphatic carbocycles. The van der Waals surface area contributed by atoms with E-state index in [1.54, 1.807) is 12.1 Å². The Balaban J connectivity index is 2.05. The van der Waals surface area contributed by atoms with Gasteiger partial charge in [0.2, 0.25) is 0 Å². The summed E-state index contributed by atoms with van der Waals surface area (Å²) in [5.41, 5.74) is -0.760. The molecule has 2 nitrogen and oxygen atoms in total. The van der Waals surface area contributed by atoms with Gasteiger partial charge in [0.25, 0.3) is 0 Å². The summed E-state index contributed by atoms with van der Waals surface area (Å²) in [6, 6.07) is 5.41. The van der Waals surface area contributed by atoms with Gasteiger partial charge in [0, 0.05) is 12.2 Å². The molecule has 1 saturated carbocycles. The van der Waals surface area contributed by atoms with Crippen LogP contribution in [0.5, 0.6) is 0 Å². The Morgan fingerprint density at radius 3 is 2.38 bits per heavy atom. The Hall–Kier alpha value is -1.70. The molecular weight excluding hydrogens is 277 g/mol. The zero-order valence-electron chi connectivity index (χ0n) is 11.8. The van der Waals surface area contributed by atoms with Crippen molar-refractivity contribution >= 4 is 5.69 Å². The van der Waals surface area contributed by atoms with Gasteiger partial charge in [-0.2, -0.15) is 18.4 Å². The highest BCUT2D eigenvalue weighted by molar-refractivity contribution is 5.53. The number of anilines is 1. The number of alkyl halides is 3. The summed E-state index contributed by atoms with van der Waals surface area (Å²) in [7, 11) is 0. The van der Waals surface area contributed by atoms with Crippen molar-refractivity contribution in [1.82, 2.24) is 0 Å². The van der Waals surface area contributed by atoms with Crippen molar-refractivity contribution in [2.45, 2.75) is 44.7 Å². The van der Waals surface area contributed by atoms with Crippen LogP contribution in [-0.2, 0) is 6.18 Å². The average Bonchev–Trinajstić information content (AvgIpc) is 2.72. The molecule has 2 rings (SSSR count). The molecule has 1 aromatic carbocycles. The van der Waals surface area contributed by atoms with E-state index in [4.69, 9.17) is 5.26 Å². The third-order valence-electron chi connectivity index (χ3n) is 4.02. The molecule has 0 aliphatic heterocycles. The summed E-state index contributed by atoms with van der Waals surface area (Å²) in [6.45, 7) is 0.698. The number of benzene rings is 1. The largest absolute Gasteiger partial charge is 0.417 e. The second-order valence-corrected chi connectivity index (χ2v) is 5.61. The normalized spacial score (nSPS) is 17.0. The lowest BCUT2D eigenvalue weighted by Gasteiger charge is -2.17. The van der Waals surface area contributed by atoms with Gasteiger partial charge in [0.15, 0.2) is 0 Å². The quantitative estimate of drug-likeness (QED) is 0.800. The van der Waals surface area contributed by atoms with Gasteiger partial charge in [0.1, 0.15) is 0 Å². The molecule has 0 bridgehead atoms. The maximum Gasteiger partial charge on any atom is 0.417 e. The summed E-state index contributed by atoms with van der Waals surface area (Å²) in [6.07, 6.45) is 2.69. The van der Waals surface area contributed by atoms with E-state index >= 15 is 0 Å². The van der Waals surface area contributed by atoms with Crippen LogP contribution >= 0.6 is 0 Å². The number of nitriles is 1. The smallest absolute Gasteiger partial charge is 0.385 e. The fourth-order valence-corrected chi connectivity index (χ4v) is 2.82. The molecule has 1 fully saturated rings. The van der Waals surface area contributed by atoms with E-state index in [2.05, 4.69) is 5.32 Å². The highest BCUT2D eigenvalue weighted by Crippen LogP contribution is 2.33. The van der Waals surface area contributed by atoms with E-state index in [1.807, 2.05) is 0 Å². The summed E-state index contributed by atoms with van der Waals surface area (Å²) in [5.74, 6) is 0.525. The third-order valence-corrected chi connectivity index (χ3v) is 4.02. The molecule has 0 aromatic heterocycles. The van der Waals surface area contributed by atoms with E-state index in [0.29, 0.717) is 18.2 Å². The van der Waals surface area contributed by atoms with Crippen LogP contribution in [0.1, 0.15) is 49.7 Å². The van der Waals surface area contributed by atoms with Crippen LogP contribution in [0, 0.1) is 17.2 Å². The summed E-state index contributed by atoms with van der Waals surface area (Å²) >= 11 is 0. The van der Waals surface area contributed by atoms with Crippen molar-refractivity contribution in [2.24, 2.45) is 5.92 Å². The van der Waals surface area contributed by atoms with Crippen molar-refractivity contribution < 1.29 is 13.2 Å². The standard InChI is InChI=1S/C16H19F3N2/c17-16(18,19)15-9-14(8-7-13(15)10-20)21-11-12-5-3-1-2-4-6-12/h7-9,12,21H,1-6,11H2. The number of hydrogen-bond acceptors (Lipinski definition) is 2. The number of halogens is 3. The topological polar surface area (TPSA) is 35.8 Å². The second-order valence-electron chi connectivity index (χ2n) is 5.61. The van der Waals surface area contributed by atoms with Crippen molar-refractivity contribution in [3.63, 3.8) is 0 Å². The zero-order chi connectivity index (χ0) is 15.3. The fraction of sp³-hybridized carbons (Fsp3) is 0.562. The summed E-state index contributed by atoms with van der Waals surface area (Å²) in [5, 5.41) is 11.9. The molecule has 1 aromatic rings. The molecule has 114 valence electrons. The van der Waals surface area contributed by atoms with E-state index in [0.717, 1.165) is 18.9 Å². The number of nitrogens with zero attached hydrogens (tertiary/aromatic N) is 1. The lowest BCUT2D eigenvalue weighted by Crippen LogP contribution is -2.15. The molecule has 0 unspecified atom stereocenters. The van der Waals surface area contributed by atoms with Crippen LogP contribution in [-0.4, -0.2) is 6.54 Å². The molecular formula is C16H19F3N2. The first-order valence-corrected chi connectivity index (χ1v) is 7.36. The monoisotopic (exact) mass is 296 g/mol. The van der Waals surface area contributed by atoms with Gasteiger partial charge < -0.3 is 5.32 Å². The van der Waals surface area contributed by atoms with Gasteiger partial charge in [-0.1, -0.05) is 25.7 Å². The molecule has 0 spiro atoms.